The van der Waals surface area contributed by atoms with Crippen molar-refractivity contribution in [3.8, 4) is 0 Å². The molecule has 0 unspecified atom stereocenters. The van der Waals surface area contributed by atoms with E-state index in [1.165, 1.54) is 48.9 Å². The first-order valence-corrected chi connectivity index (χ1v) is 11.0. The van der Waals surface area contributed by atoms with Crippen LogP contribution < -0.4 is 0 Å². The first-order chi connectivity index (χ1) is 13.8. The van der Waals surface area contributed by atoms with E-state index < -0.39 is 0 Å². The zero-order chi connectivity index (χ0) is 19.2. The minimum Gasteiger partial charge on any atom is -0.396 e. The van der Waals surface area contributed by atoms with E-state index in [1.54, 1.807) is 0 Å². The molecule has 0 amide bonds. The molecule has 1 saturated carbocycles. The summed E-state index contributed by atoms with van der Waals surface area (Å²) in [4.78, 5) is 5.10. The maximum absolute atomic E-state index is 9.60. The van der Waals surface area contributed by atoms with Gasteiger partial charge in [0.1, 0.15) is 0 Å². The van der Waals surface area contributed by atoms with Crippen LogP contribution in [-0.4, -0.2) is 57.4 Å². The lowest BCUT2D eigenvalue weighted by Gasteiger charge is -2.41. The van der Waals surface area contributed by atoms with Crippen LogP contribution in [0.25, 0.3) is 0 Å². The molecule has 2 aliphatic rings. The number of hydrogen-bond acceptors (Lipinski definition) is 4. The number of hydrogen-bond donors (Lipinski definition) is 2. The topological polar surface area (TPSA) is 55.4 Å². The van der Waals surface area contributed by atoms with Gasteiger partial charge in [0.05, 0.1) is 6.20 Å². The normalized spacial score (nSPS) is 22.5. The van der Waals surface area contributed by atoms with Crippen molar-refractivity contribution in [1.29, 1.82) is 0 Å². The van der Waals surface area contributed by atoms with Crippen LogP contribution in [0.15, 0.2) is 36.5 Å². The van der Waals surface area contributed by atoms with Crippen LogP contribution in [0.5, 0.6) is 0 Å². The summed E-state index contributed by atoms with van der Waals surface area (Å²) in [5.74, 6) is 0.666. The number of benzene rings is 1. The lowest BCUT2D eigenvalue weighted by atomic mass is 9.85. The largest absolute Gasteiger partial charge is 0.396 e. The van der Waals surface area contributed by atoms with Crippen LogP contribution in [-0.2, 0) is 13.1 Å². The van der Waals surface area contributed by atoms with Crippen molar-refractivity contribution in [2.75, 3.05) is 26.2 Å². The van der Waals surface area contributed by atoms with E-state index in [0.717, 1.165) is 39.1 Å². The predicted octanol–water partition coefficient (Wildman–Crippen LogP) is 3.53. The Hall–Kier alpha value is -1.69. The Kier molecular flexibility index (Phi) is 6.78. The second-order valence-corrected chi connectivity index (χ2v) is 8.50. The molecule has 5 heteroatoms. The molecule has 0 bridgehead atoms. The summed E-state index contributed by atoms with van der Waals surface area (Å²) in [6.45, 7) is 5.34. The smallest absolute Gasteiger partial charge is 0.0535 e. The molecule has 0 spiro atoms. The van der Waals surface area contributed by atoms with Gasteiger partial charge >= 0.3 is 0 Å². The highest BCUT2D eigenvalue weighted by Gasteiger charge is 2.28. The van der Waals surface area contributed by atoms with Crippen LogP contribution in [0, 0.1) is 0 Å². The Labute approximate surface area is 168 Å². The molecule has 2 N–H and O–H groups in total. The highest BCUT2D eigenvalue weighted by molar-refractivity contribution is 5.21. The Morgan fingerprint density at radius 1 is 1.04 bits per heavy atom. The number of aromatic amines is 1. The highest BCUT2D eigenvalue weighted by Crippen LogP contribution is 2.33. The van der Waals surface area contributed by atoms with E-state index in [0.29, 0.717) is 12.0 Å². The molecule has 1 aromatic carbocycles. The summed E-state index contributed by atoms with van der Waals surface area (Å²) in [6, 6.07) is 11.1. The number of aliphatic hydroxyl groups excluding tert-OH is 1. The molecule has 28 heavy (non-hydrogen) atoms. The molecule has 1 aromatic heterocycles. The molecule has 2 fully saturated rings. The molecule has 0 radical (unpaired) electrons. The van der Waals surface area contributed by atoms with E-state index in [4.69, 9.17) is 0 Å². The third kappa shape index (κ3) is 4.83. The van der Waals surface area contributed by atoms with Gasteiger partial charge < -0.3 is 5.11 Å². The summed E-state index contributed by atoms with van der Waals surface area (Å²) in [5.41, 5.74) is 4.12. The van der Waals surface area contributed by atoms with Crippen LogP contribution in [0.2, 0.25) is 0 Å². The second-order valence-electron chi connectivity index (χ2n) is 8.50. The van der Waals surface area contributed by atoms with Crippen molar-refractivity contribution in [2.24, 2.45) is 0 Å². The monoisotopic (exact) mass is 382 g/mol. The summed E-state index contributed by atoms with van der Waals surface area (Å²) >= 11 is 0. The molecule has 1 atom stereocenters. The molecular weight excluding hydrogens is 348 g/mol. The number of H-pyrrole nitrogens is 1. The fourth-order valence-corrected chi connectivity index (χ4v) is 4.98. The lowest BCUT2D eigenvalue weighted by Crippen LogP contribution is -2.52. The molecule has 4 rings (SSSR count). The van der Waals surface area contributed by atoms with Gasteiger partial charge in [-0.25, -0.2) is 0 Å². The second kappa shape index (κ2) is 9.68. The number of piperazine rings is 1. The van der Waals surface area contributed by atoms with Gasteiger partial charge in [-0.3, -0.25) is 14.9 Å². The molecule has 2 heterocycles. The fourth-order valence-electron chi connectivity index (χ4n) is 4.98. The Morgan fingerprint density at radius 3 is 2.64 bits per heavy atom. The van der Waals surface area contributed by atoms with Gasteiger partial charge in [-0.1, -0.05) is 49.6 Å². The molecule has 1 saturated heterocycles. The van der Waals surface area contributed by atoms with E-state index in [2.05, 4.69) is 50.3 Å². The van der Waals surface area contributed by atoms with Crippen molar-refractivity contribution < 1.29 is 5.11 Å². The SMILES string of the molecule is OCC[C@H]1CN(Cc2cn[nH]c2C2CCCCC2)CCN1Cc1ccccc1. The van der Waals surface area contributed by atoms with Crippen molar-refractivity contribution in [1.82, 2.24) is 20.0 Å². The average Bonchev–Trinajstić information content (AvgIpc) is 3.20. The Bertz CT molecular complexity index is 710. The van der Waals surface area contributed by atoms with Gasteiger partial charge in [0, 0.05) is 62.5 Å². The summed E-state index contributed by atoms with van der Waals surface area (Å²) < 4.78 is 0. The summed E-state index contributed by atoms with van der Waals surface area (Å²) in [7, 11) is 0. The van der Waals surface area contributed by atoms with Gasteiger partial charge in [0.15, 0.2) is 0 Å². The predicted molar refractivity (Wildman–Crippen MR) is 112 cm³/mol. The van der Waals surface area contributed by atoms with Crippen LogP contribution in [0.1, 0.15) is 61.3 Å². The number of aliphatic hydroxyl groups is 1. The molecule has 152 valence electrons. The van der Waals surface area contributed by atoms with Crippen molar-refractivity contribution in [3.05, 3.63) is 53.3 Å². The molecular formula is C23H34N4O. The van der Waals surface area contributed by atoms with Crippen molar-refractivity contribution in [2.45, 2.75) is 63.6 Å². The van der Waals surface area contributed by atoms with E-state index in [1.807, 2.05) is 6.20 Å². The molecule has 1 aliphatic heterocycles. The quantitative estimate of drug-likeness (QED) is 0.769. The minimum atomic E-state index is 0.253. The average molecular weight is 383 g/mol. The molecule has 2 aromatic rings. The fraction of sp³-hybridized carbons (Fsp3) is 0.609. The number of nitrogens with zero attached hydrogens (tertiary/aromatic N) is 3. The van der Waals surface area contributed by atoms with E-state index >= 15 is 0 Å². The Balaban J connectivity index is 1.38. The molecule has 5 nitrogen and oxygen atoms in total. The van der Waals surface area contributed by atoms with Crippen LogP contribution >= 0.6 is 0 Å². The molecule has 1 aliphatic carbocycles. The van der Waals surface area contributed by atoms with E-state index in [-0.39, 0.29) is 6.61 Å². The number of rotatable bonds is 7. The number of aromatic nitrogens is 2. The lowest BCUT2D eigenvalue weighted by molar-refractivity contribution is 0.0498. The summed E-state index contributed by atoms with van der Waals surface area (Å²) in [6.07, 6.45) is 9.55. The zero-order valence-electron chi connectivity index (χ0n) is 16.9. The van der Waals surface area contributed by atoms with Crippen molar-refractivity contribution >= 4 is 0 Å². The minimum absolute atomic E-state index is 0.253. The third-order valence-corrected chi connectivity index (χ3v) is 6.54. The van der Waals surface area contributed by atoms with Crippen molar-refractivity contribution in [3.63, 3.8) is 0 Å². The van der Waals surface area contributed by atoms with E-state index in [9.17, 15) is 5.11 Å². The maximum atomic E-state index is 9.60. The summed E-state index contributed by atoms with van der Waals surface area (Å²) in [5, 5.41) is 17.3. The maximum Gasteiger partial charge on any atom is 0.0535 e. The zero-order valence-corrected chi connectivity index (χ0v) is 16.9. The number of nitrogens with one attached hydrogen (secondary N) is 1. The van der Waals surface area contributed by atoms with Gasteiger partial charge in [0.25, 0.3) is 0 Å². The van der Waals surface area contributed by atoms with Crippen LogP contribution in [0.3, 0.4) is 0 Å². The van der Waals surface area contributed by atoms with Crippen LogP contribution in [0.4, 0.5) is 0 Å². The van der Waals surface area contributed by atoms with Gasteiger partial charge in [0.2, 0.25) is 0 Å². The Morgan fingerprint density at radius 2 is 1.86 bits per heavy atom. The standard InChI is InChI=1S/C23H34N4O/c28-14-11-22-18-26(12-13-27(22)16-19-7-3-1-4-8-19)17-21-15-24-25-23(21)20-9-5-2-6-10-20/h1,3-4,7-8,15,20,22,28H,2,5-6,9-14,16-18H2,(H,24,25)/t22-/m0/s1. The first-order valence-electron chi connectivity index (χ1n) is 11.0. The van der Waals surface area contributed by atoms with Gasteiger partial charge in [-0.05, 0) is 24.8 Å². The first kappa shape index (κ1) is 19.6. The van der Waals surface area contributed by atoms with Gasteiger partial charge in [-0.2, -0.15) is 5.10 Å². The highest BCUT2D eigenvalue weighted by atomic mass is 16.3. The van der Waals surface area contributed by atoms with Gasteiger partial charge in [-0.15, -0.1) is 0 Å². The third-order valence-electron chi connectivity index (χ3n) is 6.54.